The van der Waals surface area contributed by atoms with Crippen LogP contribution in [0.2, 0.25) is 0 Å². The van der Waals surface area contributed by atoms with E-state index in [9.17, 15) is 9.59 Å². The molecule has 3 N–H and O–H groups in total. The maximum absolute atomic E-state index is 12.9. The molecular weight excluding hydrogens is 390 g/mol. The Kier molecular flexibility index (Phi) is 4.63. The van der Waals surface area contributed by atoms with Gasteiger partial charge >= 0.3 is 6.03 Å². The first kappa shape index (κ1) is 18.9. The fourth-order valence-electron chi connectivity index (χ4n) is 3.86. The minimum Gasteiger partial charge on any atom is -0.338 e. The van der Waals surface area contributed by atoms with Crippen molar-refractivity contribution in [3.8, 4) is 11.4 Å². The van der Waals surface area contributed by atoms with Gasteiger partial charge in [0.1, 0.15) is 5.82 Å². The topological polar surface area (TPSA) is 90.1 Å². The molecule has 1 saturated heterocycles. The van der Waals surface area contributed by atoms with Gasteiger partial charge in [-0.05, 0) is 61.0 Å². The Balaban J connectivity index is 1.35. The number of nitrogens with one attached hydrogen (secondary N) is 3. The summed E-state index contributed by atoms with van der Waals surface area (Å²) in [6, 6.07) is 20.7. The monoisotopic (exact) mass is 411 g/mol. The van der Waals surface area contributed by atoms with Gasteiger partial charge in [-0.15, -0.1) is 0 Å². The number of carbonyl (C=O) groups excluding carboxylic acids is 2. The molecule has 4 aromatic rings. The molecule has 31 heavy (non-hydrogen) atoms. The fourth-order valence-corrected chi connectivity index (χ4v) is 3.86. The van der Waals surface area contributed by atoms with Gasteiger partial charge in [0, 0.05) is 35.6 Å². The van der Waals surface area contributed by atoms with E-state index in [0.717, 1.165) is 33.7 Å². The first-order valence-electron chi connectivity index (χ1n) is 10.1. The smallest absolute Gasteiger partial charge is 0.322 e. The van der Waals surface area contributed by atoms with E-state index in [-0.39, 0.29) is 11.9 Å². The second kappa shape index (κ2) is 7.60. The molecule has 1 aromatic heterocycles. The Morgan fingerprint density at radius 2 is 1.84 bits per heavy atom. The summed E-state index contributed by atoms with van der Waals surface area (Å²) < 4.78 is 0. The average Bonchev–Trinajstić information content (AvgIpc) is 3.40. The summed E-state index contributed by atoms with van der Waals surface area (Å²) >= 11 is 0. The largest absolute Gasteiger partial charge is 0.338 e. The Labute approximate surface area is 179 Å². The van der Waals surface area contributed by atoms with E-state index in [0.29, 0.717) is 24.3 Å². The zero-order chi connectivity index (χ0) is 21.4. The van der Waals surface area contributed by atoms with E-state index in [1.165, 1.54) is 0 Å². The highest BCUT2D eigenvalue weighted by atomic mass is 16.2. The van der Waals surface area contributed by atoms with Crippen molar-refractivity contribution in [2.45, 2.75) is 6.92 Å². The van der Waals surface area contributed by atoms with E-state index in [4.69, 9.17) is 0 Å². The number of aromatic nitrogens is 2. The molecule has 0 saturated carbocycles. The second-order valence-electron chi connectivity index (χ2n) is 7.47. The van der Waals surface area contributed by atoms with Gasteiger partial charge in [0.25, 0.3) is 5.91 Å². The lowest BCUT2D eigenvalue weighted by atomic mass is 10.0. The molecule has 7 heteroatoms. The summed E-state index contributed by atoms with van der Waals surface area (Å²) in [5.41, 5.74) is 5.59. The van der Waals surface area contributed by atoms with Gasteiger partial charge in [-0.1, -0.05) is 18.2 Å². The molecule has 0 unspecified atom stereocenters. The minimum atomic E-state index is -0.213. The van der Waals surface area contributed by atoms with Crippen LogP contribution in [0.25, 0.3) is 22.4 Å². The lowest BCUT2D eigenvalue weighted by molar-refractivity contribution is 0.102. The van der Waals surface area contributed by atoms with Crippen LogP contribution in [0.1, 0.15) is 15.9 Å². The summed E-state index contributed by atoms with van der Waals surface area (Å²) in [6.45, 7) is 3.06. The fraction of sp³-hybridized carbons (Fsp3) is 0.125. The van der Waals surface area contributed by atoms with Crippen LogP contribution in [0.5, 0.6) is 0 Å². The number of aromatic amines is 1. The highest BCUT2D eigenvalue weighted by Crippen LogP contribution is 2.26. The number of anilines is 2. The van der Waals surface area contributed by atoms with E-state index < -0.39 is 0 Å². The molecule has 3 aromatic carbocycles. The zero-order valence-electron chi connectivity index (χ0n) is 17.0. The number of para-hydroxylation sites is 2. The summed E-state index contributed by atoms with van der Waals surface area (Å²) in [7, 11) is 0. The maximum Gasteiger partial charge on any atom is 0.322 e. The number of imidazole rings is 1. The van der Waals surface area contributed by atoms with Gasteiger partial charge in [0.05, 0.1) is 11.0 Å². The molecule has 1 aliphatic rings. The third-order valence-electron chi connectivity index (χ3n) is 5.50. The van der Waals surface area contributed by atoms with Crippen LogP contribution in [0.15, 0.2) is 66.7 Å². The molecule has 0 aliphatic carbocycles. The molecule has 154 valence electrons. The van der Waals surface area contributed by atoms with Crippen LogP contribution in [-0.4, -0.2) is 35.0 Å². The molecule has 5 rings (SSSR count). The first-order chi connectivity index (χ1) is 15.1. The van der Waals surface area contributed by atoms with Gasteiger partial charge in [-0.3, -0.25) is 9.69 Å². The molecule has 0 atom stereocenters. The van der Waals surface area contributed by atoms with Crippen LogP contribution >= 0.6 is 0 Å². The van der Waals surface area contributed by atoms with E-state index in [2.05, 4.69) is 20.6 Å². The quantitative estimate of drug-likeness (QED) is 0.467. The molecule has 2 heterocycles. The highest BCUT2D eigenvalue weighted by molar-refractivity contribution is 6.07. The molecule has 7 nitrogen and oxygen atoms in total. The van der Waals surface area contributed by atoms with Crippen LogP contribution < -0.4 is 15.5 Å². The number of amides is 3. The van der Waals surface area contributed by atoms with Gasteiger partial charge in [0.2, 0.25) is 0 Å². The average molecular weight is 411 g/mol. The molecule has 1 fully saturated rings. The number of nitrogens with zero attached hydrogens (tertiary/aromatic N) is 2. The normalized spacial score (nSPS) is 13.5. The summed E-state index contributed by atoms with van der Waals surface area (Å²) in [5.74, 6) is 0.571. The number of hydrogen-bond acceptors (Lipinski definition) is 3. The summed E-state index contributed by atoms with van der Waals surface area (Å²) in [5, 5.41) is 5.73. The van der Waals surface area contributed by atoms with Crippen molar-refractivity contribution in [1.29, 1.82) is 0 Å². The molecule has 0 bridgehead atoms. The predicted molar refractivity (Wildman–Crippen MR) is 121 cm³/mol. The van der Waals surface area contributed by atoms with Gasteiger partial charge in [0.15, 0.2) is 0 Å². The van der Waals surface area contributed by atoms with Crippen molar-refractivity contribution < 1.29 is 9.59 Å². The summed E-state index contributed by atoms with van der Waals surface area (Å²) in [4.78, 5) is 34.5. The Hall–Kier alpha value is -4.13. The Morgan fingerprint density at radius 1 is 1.03 bits per heavy atom. The third kappa shape index (κ3) is 3.50. The second-order valence-corrected chi connectivity index (χ2v) is 7.47. The van der Waals surface area contributed by atoms with E-state index >= 15 is 0 Å². The number of fused-ring (bicyclic) bond motifs is 1. The van der Waals surface area contributed by atoms with Gasteiger partial charge in [-0.25, -0.2) is 9.78 Å². The number of carbonyl (C=O) groups is 2. The van der Waals surface area contributed by atoms with Crippen LogP contribution in [0.3, 0.4) is 0 Å². The Bertz CT molecular complexity index is 1260. The number of hydrogen-bond donors (Lipinski definition) is 3. The van der Waals surface area contributed by atoms with Crippen molar-refractivity contribution in [2.75, 3.05) is 23.3 Å². The Morgan fingerprint density at radius 3 is 2.58 bits per heavy atom. The molecule has 0 spiro atoms. The molecule has 3 amide bonds. The van der Waals surface area contributed by atoms with E-state index in [1.54, 1.807) is 17.0 Å². The van der Waals surface area contributed by atoms with Crippen LogP contribution in [0.4, 0.5) is 16.2 Å². The molecule has 0 radical (unpaired) electrons. The van der Waals surface area contributed by atoms with Gasteiger partial charge < -0.3 is 15.6 Å². The standard InChI is InChI=1S/C24H21N5O2/c1-15-18(5-4-8-21(15)29-14-13-25-24(29)31)23(30)26-17-11-9-16(10-12-17)22-27-19-6-2-3-7-20(19)28-22/h2-12H,13-14H2,1H3,(H,25,31)(H,26,30)(H,27,28). The predicted octanol–water partition coefficient (Wildman–Crippen LogP) is 4.32. The number of rotatable bonds is 4. The summed E-state index contributed by atoms with van der Waals surface area (Å²) in [6.07, 6.45) is 0. The van der Waals surface area contributed by atoms with Crippen LogP contribution in [0, 0.1) is 6.92 Å². The van der Waals surface area contributed by atoms with Crippen molar-refractivity contribution in [1.82, 2.24) is 15.3 Å². The third-order valence-corrected chi connectivity index (χ3v) is 5.50. The first-order valence-corrected chi connectivity index (χ1v) is 10.1. The zero-order valence-corrected chi connectivity index (χ0v) is 17.0. The lowest BCUT2D eigenvalue weighted by Gasteiger charge is -2.19. The number of H-pyrrole nitrogens is 1. The highest BCUT2D eigenvalue weighted by Gasteiger charge is 2.24. The SMILES string of the molecule is Cc1c(C(=O)Nc2ccc(-c3nc4ccccc4[nH]3)cc2)cccc1N1CCNC1=O. The molecular formula is C24H21N5O2. The van der Waals surface area contributed by atoms with Crippen molar-refractivity contribution in [2.24, 2.45) is 0 Å². The van der Waals surface area contributed by atoms with Crippen molar-refractivity contribution in [3.63, 3.8) is 0 Å². The molecule has 1 aliphatic heterocycles. The van der Waals surface area contributed by atoms with Crippen molar-refractivity contribution in [3.05, 3.63) is 77.9 Å². The van der Waals surface area contributed by atoms with E-state index in [1.807, 2.05) is 61.5 Å². The van der Waals surface area contributed by atoms with Gasteiger partial charge in [-0.2, -0.15) is 0 Å². The van der Waals surface area contributed by atoms with Crippen molar-refractivity contribution >= 4 is 34.3 Å². The maximum atomic E-state index is 12.9. The van der Waals surface area contributed by atoms with Crippen LogP contribution in [-0.2, 0) is 0 Å². The lowest BCUT2D eigenvalue weighted by Crippen LogP contribution is -2.29. The number of urea groups is 1. The number of benzene rings is 3. The minimum absolute atomic E-state index is 0.137.